The number of rotatable bonds is 7. The van der Waals surface area contributed by atoms with E-state index in [9.17, 15) is 9.90 Å². The maximum Gasteiger partial charge on any atom is 0.319 e. The highest BCUT2D eigenvalue weighted by Crippen LogP contribution is 2.45. The highest BCUT2D eigenvalue weighted by molar-refractivity contribution is 5.90. The lowest BCUT2D eigenvalue weighted by Crippen LogP contribution is -2.43. The lowest BCUT2D eigenvalue weighted by atomic mass is 9.89. The molecular weight excluding hydrogens is 316 g/mol. The van der Waals surface area contributed by atoms with E-state index in [1.165, 1.54) is 0 Å². The summed E-state index contributed by atoms with van der Waals surface area (Å²) in [7, 11) is 0. The van der Waals surface area contributed by atoms with E-state index >= 15 is 0 Å². The summed E-state index contributed by atoms with van der Waals surface area (Å²) in [6.45, 7) is 2.59. The molecule has 0 spiro atoms. The number of carbonyl (C=O) groups excluding carboxylic acids is 1. The van der Waals surface area contributed by atoms with Crippen LogP contribution < -0.4 is 15.4 Å². The quantitative estimate of drug-likeness (QED) is 0.722. The minimum absolute atomic E-state index is 0.171. The van der Waals surface area contributed by atoms with E-state index in [2.05, 4.69) is 10.6 Å². The maximum absolute atomic E-state index is 12.3. The van der Waals surface area contributed by atoms with Crippen LogP contribution in [0.15, 0.2) is 54.6 Å². The Bertz CT molecular complexity index is 716. The van der Waals surface area contributed by atoms with Crippen molar-refractivity contribution < 1.29 is 14.6 Å². The maximum atomic E-state index is 12.3. The first kappa shape index (κ1) is 17.3. The largest absolute Gasteiger partial charge is 0.492 e. The molecule has 1 fully saturated rings. The van der Waals surface area contributed by atoms with Crippen LogP contribution in [-0.4, -0.2) is 24.3 Å². The Balaban J connectivity index is 1.65. The Morgan fingerprint density at radius 1 is 1.16 bits per heavy atom. The van der Waals surface area contributed by atoms with Crippen LogP contribution in [0.5, 0.6) is 5.75 Å². The normalized spacial score (nSPS) is 15.9. The van der Waals surface area contributed by atoms with Gasteiger partial charge in [-0.3, -0.25) is 0 Å². The number of hydrogen-bond acceptors (Lipinski definition) is 3. The van der Waals surface area contributed by atoms with Crippen molar-refractivity contribution in [3.63, 3.8) is 0 Å². The molecule has 0 aromatic heterocycles. The van der Waals surface area contributed by atoms with Crippen molar-refractivity contribution in [3.8, 4) is 5.75 Å². The highest BCUT2D eigenvalue weighted by atomic mass is 16.5. The van der Waals surface area contributed by atoms with Crippen molar-refractivity contribution in [2.24, 2.45) is 5.92 Å². The molecule has 0 bridgehead atoms. The number of anilines is 1. The number of aliphatic hydroxyl groups is 1. The molecule has 3 N–H and O–H groups in total. The van der Waals surface area contributed by atoms with Crippen molar-refractivity contribution in [1.82, 2.24) is 5.32 Å². The standard InChI is InChI=1S/C20H24N2O3/c1-2-25-18-11-7-6-10-17(18)22-19(23)21-14-20(24,16-12-13-16)15-8-4-3-5-9-15/h3-11,16,24H,2,12-14H2,1H3,(H2,21,22,23). The zero-order valence-electron chi connectivity index (χ0n) is 14.4. The van der Waals surface area contributed by atoms with Gasteiger partial charge in [0.1, 0.15) is 11.4 Å². The molecule has 1 saturated carbocycles. The summed E-state index contributed by atoms with van der Waals surface area (Å²) in [6, 6.07) is 16.5. The summed E-state index contributed by atoms with van der Waals surface area (Å²) in [5.41, 5.74) is 0.418. The van der Waals surface area contributed by atoms with Crippen LogP contribution in [0.4, 0.5) is 10.5 Å². The predicted octanol–water partition coefficient (Wildman–Crippen LogP) is 3.50. The van der Waals surface area contributed by atoms with E-state index in [4.69, 9.17) is 4.74 Å². The molecule has 5 heteroatoms. The molecular formula is C20H24N2O3. The Hall–Kier alpha value is -2.53. The van der Waals surface area contributed by atoms with E-state index in [0.29, 0.717) is 18.0 Å². The fraction of sp³-hybridized carbons (Fsp3) is 0.350. The van der Waals surface area contributed by atoms with Crippen LogP contribution in [-0.2, 0) is 5.60 Å². The van der Waals surface area contributed by atoms with Gasteiger partial charge in [-0.2, -0.15) is 0 Å². The Kier molecular flexibility index (Phi) is 5.24. The number of para-hydroxylation sites is 2. The van der Waals surface area contributed by atoms with Gasteiger partial charge >= 0.3 is 6.03 Å². The molecule has 1 aliphatic rings. The number of carbonyl (C=O) groups is 1. The van der Waals surface area contributed by atoms with Gasteiger partial charge in [0.05, 0.1) is 18.8 Å². The molecule has 1 atom stereocenters. The smallest absolute Gasteiger partial charge is 0.319 e. The molecule has 1 aliphatic carbocycles. The van der Waals surface area contributed by atoms with Crippen LogP contribution in [0.25, 0.3) is 0 Å². The van der Waals surface area contributed by atoms with E-state index in [1.54, 1.807) is 6.07 Å². The number of urea groups is 1. The van der Waals surface area contributed by atoms with Gasteiger partial charge in [0.2, 0.25) is 0 Å². The van der Waals surface area contributed by atoms with Gasteiger partial charge < -0.3 is 20.5 Å². The number of hydrogen-bond donors (Lipinski definition) is 3. The van der Waals surface area contributed by atoms with E-state index in [1.807, 2.05) is 55.5 Å². The summed E-state index contributed by atoms with van der Waals surface area (Å²) >= 11 is 0. The topological polar surface area (TPSA) is 70.6 Å². The Morgan fingerprint density at radius 2 is 1.84 bits per heavy atom. The minimum Gasteiger partial charge on any atom is -0.492 e. The SMILES string of the molecule is CCOc1ccccc1NC(=O)NCC(O)(c1ccccc1)C1CC1. The van der Waals surface area contributed by atoms with E-state index < -0.39 is 5.60 Å². The minimum atomic E-state index is -1.03. The average molecular weight is 340 g/mol. The second kappa shape index (κ2) is 7.57. The van der Waals surface area contributed by atoms with Gasteiger partial charge in [-0.1, -0.05) is 42.5 Å². The van der Waals surface area contributed by atoms with Gasteiger partial charge in [0, 0.05) is 0 Å². The summed E-state index contributed by atoms with van der Waals surface area (Å²) in [5.74, 6) is 0.812. The summed E-state index contributed by atoms with van der Waals surface area (Å²) in [4.78, 5) is 12.3. The van der Waals surface area contributed by atoms with Crippen LogP contribution in [0, 0.1) is 5.92 Å². The molecule has 0 aliphatic heterocycles. The lowest BCUT2D eigenvalue weighted by Gasteiger charge is -2.29. The predicted molar refractivity (Wildman–Crippen MR) is 97.7 cm³/mol. The first-order valence-electron chi connectivity index (χ1n) is 8.68. The third kappa shape index (κ3) is 4.12. The molecule has 0 heterocycles. The molecule has 3 rings (SSSR count). The Labute approximate surface area is 148 Å². The Morgan fingerprint density at radius 3 is 2.52 bits per heavy atom. The third-order valence-corrected chi connectivity index (χ3v) is 4.48. The monoisotopic (exact) mass is 340 g/mol. The van der Waals surface area contributed by atoms with Crippen LogP contribution in [0.3, 0.4) is 0 Å². The average Bonchev–Trinajstić information content (AvgIpc) is 3.48. The van der Waals surface area contributed by atoms with E-state index in [0.717, 1.165) is 18.4 Å². The second-order valence-corrected chi connectivity index (χ2v) is 6.30. The van der Waals surface area contributed by atoms with Crippen LogP contribution in [0.2, 0.25) is 0 Å². The number of benzene rings is 2. The molecule has 0 radical (unpaired) electrons. The molecule has 132 valence electrons. The van der Waals surface area contributed by atoms with Crippen LogP contribution >= 0.6 is 0 Å². The van der Waals surface area contributed by atoms with Crippen molar-refractivity contribution in [2.75, 3.05) is 18.5 Å². The molecule has 2 amide bonds. The molecule has 5 nitrogen and oxygen atoms in total. The lowest BCUT2D eigenvalue weighted by molar-refractivity contribution is 0.0164. The van der Waals surface area contributed by atoms with Crippen LogP contribution in [0.1, 0.15) is 25.3 Å². The molecule has 2 aromatic rings. The first-order chi connectivity index (χ1) is 12.1. The van der Waals surface area contributed by atoms with Crippen molar-refractivity contribution in [1.29, 1.82) is 0 Å². The van der Waals surface area contributed by atoms with Gasteiger partial charge in [-0.05, 0) is 43.4 Å². The summed E-state index contributed by atoms with van der Waals surface area (Å²) in [5, 5.41) is 16.7. The third-order valence-electron chi connectivity index (χ3n) is 4.48. The molecule has 1 unspecified atom stereocenters. The van der Waals surface area contributed by atoms with Crippen molar-refractivity contribution in [3.05, 3.63) is 60.2 Å². The molecule has 0 saturated heterocycles. The first-order valence-corrected chi connectivity index (χ1v) is 8.68. The molecule has 25 heavy (non-hydrogen) atoms. The van der Waals surface area contributed by atoms with Crippen molar-refractivity contribution in [2.45, 2.75) is 25.4 Å². The number of ether oxygens (including phenoxy) is 1. The van der Waals surface area contributed by atoms with E-state index in [-0.39, 0.29) is 18.5 Å². The zero-order chi connectivity index (χ0) is 17.7. The summed E-state index contributed by atoms with van der Waals surface area (Å²) in [6.07, 6.45) is 1.95. The fourth-order valence-corrected chi connectivity index (χ4v) is 3.00. The fourth-order valence-electron chi connectivity index (χ4n) is 3.00. The zero-order valence-corrected chi connectivity index (χ0v) is 14.4. The van der Waals surface area contributed by atoms with Gasteiger partial charge in [-0.15, -0.1) is 0 Å². The van der Waals surface area contributed by atoms with Crippen molar-refractivity contribution >= 4 is 11.7 Å². The second-order valence-electron chi connectivity index (χ2n) is 6.30. The number of nitrogens with one attached hydrogen (secondary N) is 2. The summed E-state index contributed by atoms with van der Waals surface area (Å²) < 4.78 is 5.51. The van der Waals surface area contributed by atoms with Gasteiger partial charge in [0.25, 0.3) is 0 Å². The highest BCUT2D eigenvalue weighted by Gasteiger charge is 2.45. The van der Waals surface area contributed by atoms with Gasteiger partial charge in [0.15, 0.2) is 0 Å². The molecule has 2 aromatic carbocycles. The van der Waals surface area contributed by atoms with Gasteiger partial charge in [-0.25, -0.2) is 4.79 Å². The number of amides is 2.